The molecule has 0 heterocycles. The molecule has 1 rings (SSSR count). The molecule has 0 saturated carbocycles. The highest BCUT2D eigenvalue weighted by atomic mass is 127. The van der Waals surface area contributed by atoms with Gasteiger partial charge in [0, 0.05) is 3.57 Å². The maximum Gasteiger partial charge on any atom is 0.101 e. The van der Waals surface area contributed by atoms with Gasteiger partial charge < -0.3 is 5.11 Å². The van der Waals surface area contributed by atoms with E-state index < -0.39 is 6.10 Å². The predicted octanol–water partition coefficient (Wildman–Crippen LogP) is 3.21. The van der Waals surface area contributed by atoms with Gasteiger partial charge >= 0.3 is 0 Å². The fourth-order valence-corrected chi connectivity index (χ4v) is 1.80. The van der Waals surface area contributed by atoms with Crippen LogP contribution in [-0.2, 0) is 0 Å². The molecule has 1 N–H and O–H groups in total. The average Bonchev–Trinajstić information content (AvgIpc) is 2.08. The van der Waals surface area contributed by atoms with E-state index >= 15 is 0 Å². The van der Waals surface area contributed by atoms with Gasteiger partial charge in [0.1, 0.15) is 6.10 Å². The van der Waals surface area contributed by atoms with Crippen molar-refractivity contribution in [2.75, 3.05) is 0 Å². The minimum atomic E-state index is -0.535. The lowest BCUT2D eigenvalue weighted by atomic mass is 10.0. The summed E-state index contributed by atoms with van der Waals surface area (Å²) < 4.78 is 1.12. The van der Waals surface area contributed by atoms with Gasteiger partial charge in [-0.15, -0.1) is 0 Å². The Kier molecular flexibility index (Phi) is 3.50. The zero-order valence-corrected chi connectivity index (χ0v) is 10.00. The number of hydrogen-bond donors (Lipinski definition) is 1. The van der Waals surface area contributed by atoms with Crippen molar-refractivity contribution < 1.29 is 5.11 Å². The van der Waals surface area contributed by atoms with Crippen LogP contribution in [0.2, 0.25) is 0 Å². The summed E-state index contributed by atoms with van der Waals surface area (Å²) in [7, 11) is 0. The van der Waals surface area contributed by atoms with Crippen LogP contribution < -0.4 is 0 Å². The van der Waals surface area contributed by atoms with Crippen LogP contribution in [-0.4, -0.2) is 5.11 Å². The molecule has 0 radical (unpaired) electrons. The summed E-state index contributed by atoms with van der Waals surface area (Å²) >= 11 is 2.25. The van der Waals surface area contributed by atoms with Crippen molar-refractivity contribution in [3.63, 3.8) is 0 Å². The van der Waals surface area contributed by atoms with Crippen LogP contribution >= 0.6 is 22.6 Å². The van der Waals surface area contributed by atoms with E-state index in [1.54, 1.807) is 0 Å². The smallest absolute Gasteiger partial charge is 0.101 e. The summed E-state index contributed by atoms with van der Waals surface area (Å²) in [5.41, 5.74) is 2.93. The molecule has 0 aliphatic rings. The van der Waals surface area contributed by atoms with Crippen LogP contribution in [0, 0.1) is 10.5 Å². The summed E-state index contributed by atoms with van der Waals surface area (Å²) in [5.74, 6) is 0. The molecule has 0 aliphatic carbocycles. The van der Waals surface area contributed by atoms with E-state index in [1.807, 2.05) is 32.0 Å². The molecule has 1 aromatic carbocycles. The molecule has 0 fully saturated rings. The first kappa shape index (κ1) is 10.7. The molecule has 0 aromatic heterocycles. The summed E-state index contributed by atoms with van der Waals surface area (Å²) in [6.07, 6.45) is -0.535. The third-order valence-corrected chi connectivity index (χ3v) is 3.46. The predicted molar refractivity (Wildman–Crippen MR) is 63.7 cm³/mol. The van der Waals surface area contributed by atoms with E-state index in [-0.39, 0.29) is 0 Å². The van der Waals surface area contributed by atoms with E-state index in [9.17, 15) is 5.11 Å². The number of aryl methyl sites for hydroxylation is 1. The Labute approximate surface area is 92.6 Å². The van der Waals surface area contributed by atoms with Crippen molar-refractivity contribution in [3.8, 4) is 0 Å². The second kappa shape index (κ2) is 4.24. The van der Waals surface area contributed by atoms with Crippen LogP contribution in [0.15, 0.2) is 30.4 Å². The van der Waals surface area contributed by atoms with Gasteiger partial charge in [-0.2, -0.15) is 0 Å². The Balaban J connectivity index is 3.15. The molecule has 0 bridgehead atoms. The molecule has 2 heteroatoms. The molecule has 70 valence electrons. The van der Waals surface area contributed by atoms with Crippen LogP contribution in [0.25, 0.3) is 0 Å². The third kappa shape index (κ3) is 2.31. The van der Waals surface area contributed by atoms with Gasteiger partial charge in [0.2, 0.25) is 0 Å². The molecular formula is C11H13IO. The molecular weight excluding hydrogens is 275 g/mol. The van der Waals surface area contributed by atoms with Crippen LogP contribution in [0.4, 0.5) is 0 Å². The van der Waals surface area contributed by atoms with Gasteiger partial charge in [-0.05, 0) is 53.1 Å². The normalized spacial score (nSPS) is 12.6. The van der Waals surface area contributed by atoms with E-state index in [0.29, 0.717) is 0 Å². The SMILES string of the molecule is C=C(C)C(O)c1cccc(C)c1I. The minimum Gasteiger partial charge on any atom is -0.384 e. The van der Waals surface area contributed by atoms with E-state index in [2.05, 4.69) is 29.2 Å². The van der Waals surface area contributed by atoms with Gasteiger partial charge in [-0.1, -0.05) is 24.8 Å². The van der Waals surface area contributed by atoms with E-state index in [1.165, 1.54) is 5.56 Å². The largest absolute Gasteiger partial charge is 0.384 e. The highest BCUT2D eigenvalue weighted by molar-refractivity contribution is 14.1. The molecule has 1 unspecified atom stereocenters. The summed E-state index contributed by atoms with van der Waals surface area (Å²) in [4.78, 5) is 0. The van der Waals surface area contributed by atoms with E-state index in [4.69, 9.17) is 0 Å². The molecule has 1 atom stereocenters. The van der Waals surface area contributed by atoms with Crippen molar-refractivity contribution in [1.82, 2.24) is 0 Å². The quantitative estimate of drug-likeness (QED) is 0.654. The average molecular weight is 288 g/mol. The molecule has 13 heavy (non-hydrogen) atoms. The maximum atomic E-state index is 9.80. The molecule has 0 amide bonds. The number of benzene rings is 1. The number of aliphatic hydroxyl groups excluding tert-OH is 1. The second-order valence-corrected chi connectivity index (χ2v) is 4.31. The Hall–Kier alpha value is -0.350. The Morgan fingerprint density at radius 2 is 2.15 bits per heavy atom. The van der Waals surface area contributed by atoms with Gasteiger partial charge in [0.15, 0.2) is 0 Å². The standard InChI is InChI=1S/C11H13IO/c1-7(2)11(13)9-6-4-5-8(3)10(9)12/h4-6,11,13H,1H2,2-3H3. The van der Waals surface area contributed by atoms with Gasteiger partial charge in [0.05, 0.1) is 0 Å². The Bertz CT molecular complexity index is 331. The first-order chi connectivity index (χ1) is 6.04. The first-order valence-corrected chi connectivity index (χ1v) is 5.20. The van der Waals surface area contributed by atoms with Crippen LogP contribution in [0.5, 0.6) is 0 Å². The minimum absolute atomic E-state index is 0.535. The van der Waals surface area contributed by atoms with Crippen LogP contribution in [0.1, 0.15) is 24.2 Å². The maximum absolute atomic E-state index is 9.80. The monoisotopic (exact) mass is 288 g/mol. The topological polar surface area (TPSA) is 20.2 Å². The summed E-state index contributed by atoms with van der Waals surface area (Å²) in [6, 6.07) is 5.93. The van der Waals surface area contributed by atoms with Gasteiger partial charge in [-0.25, -0.2) is 0 Å². The van der Waals surface area contributed by atoms with Gasteiger partial charge in [-0.3, -0.25) is 0 Å². The third-order valence-electron chi connectivity index (χ3n) is 1.98. The number of aliphatic hydroxyl groups is 1. The highest BCUT2D eigenvalue weighted by Crippen LogP contribution is 2.26. The first-order valence-electron chi connectivity index (χ1n) is 4.12. The molecule has 0 spiro atoms. The Morgan fingerprint density at radius 3 is 2.69 bits per heavy atom. The highest BCUT2D eigenvalue weighted by Gasteiger charge is 2.12. The number of halogens is 1. The fourth-order valence-electron chi connectivity index (χ4n) is 1.15. The number of rotatable bonds is 2. The zero-order valence-electron chi connectivity index (χ0n) is 7.84. The van der Waals surface area contributed by atoms with E-state index in [0.717, 1.165) is 14.7 Å². The van der Waals surface area contributed by atoms with Crippen molar-refractivity contribution in [1.29, 1.82) is 0 Å². The van der Waals surface area contributed by atoms with Crippen molar-refractivity contribution in [2.24, 2.45) is 0 Å². The van der Waals surface area contributed by atoms with Crippen molar-refractivity contribution in [2.45, 2.75) is 20.0 Å². The lowest BCUT2D eigenvalue weighted by molar-refractivity contribution is 0.215. The Morgan fingerprint density at radius 1 is 1.54 bits per heavy atom. The summed E-state index contributed by atoms with van der Waals surface area (Å²) in [5, 5.41) is 9.80. The van der Waals surface area contributed by atoms with Gasteiger partial charge in [0.25, 0.3) is 0 Å². The number of hydrogen-bond acceptors (Lipinski definition) is 1. The lowest BCUT2D eigenvalue weighted by Crippen LogP contribution is -2.01. The molecule has 0 saturated heterocycles. The second-order valence-electron chi connectivity index (χ2n) is 3.23. The lowest BCUT2D eigenvalue weighted by Gasteiger charge is -2.13. The van der Waals surface area contributed by atoms with Crippen LogP contribution in [0.3, 0.4) is 0 Å². The molecule has 0 aliphatic heterocycles. The van der Waals surface area contributed by atoms with Crippen molar-refractivity contribution >= 4 is 22.6 Å². The summed E-state index contributed by atoms with van der Waals surface area (Å²) in [6.45, 7) is 7.62. The van der Waals surface area contributed by atoms with Crippen molar-refractivity contribution in [3.05, 3.63) is 45.0 Å². The molecule has 1 nitrogen and oxygen atoms in total. The fraction of sp³-hybridized carbons (Fsp3) is 0.273. The zero-order chi connectivity index (χ0) is 10.0. The molecule has 1 aromatic rings.